The van der Waals surface area contributed by atoms with E-state index in [0.29, 0.717) is 74.6 Å². The fourth-order valence-electron chi connectivity index (χ4n) is 4.87. The van der Waals surface area contributed by atoms with Crippen LogP contribution in [0.3, 0.4) is 0 Å². The van der Waals surface area contributed by atoms with Crippen molar-refractivity contribution in [1.29, 1.82) is 0 Å². The molecule has 2 aliphatic heterocycles. The van der Waals surface area contributed by atoms with E-state index in [1.165, 1.54) is 9.80 Å². The summed E-state index contributed by atoms with van der Waals surface area (Å²) in [5, 5.41) is 0. The van der Waals surface area contributed by atoms with Crippen molar-refractivity contribution in [2.75, 3.05) is 79.8 Å². The molecule has 214 valence electrons. The molecule has 0 aliphatic carbocycles. The summed E-state index contributed by atoms with van der Waals surface area (Å²) in [6.07, 6.45) is 1.41. The lowest BCUT2D eigenvalue weighted by Crippen LogP contribution is -2.33. The first-order chi connectivity index (χ1) is 19.4. The summed E-state index contributed by atoms with van der Waals surface area (Å²) < 4.78 is 11.3. The maximum Gasteiger partial charge on any atom is 0.261 e. The number of ether oxygens (including phenoxy) is 2. The molecular formula is C30H38N4O6. The third-order valence-electron chi connectivity index (χ3n) is 7.21. The molecule has 4 amide bonds. The van der Waals surface area contributed by atoms with E-state index in [0.717, 1.165) is 26.2 Å². The van der Waals surface area contributed by atoms with Gasteiger partial charge in [0.1, 0.15) is 0 Å². The van der Waals surface area contributed by atoms with Crippen LogP contribution in [-0.4, -0.2) is 123 Å². The Morgan fingerprint density at radius 2 is 0.850 bits per heavy atom. The molecule has 10 nitrogen and oxygen atoms in total. The summed E-state index contributed by atoms with van der Waals surface area (Å²) in [4.78, 5) is 56.6. The summed E-state index contributed by atoms with van der Waals surface area (Å²) >= 11 is 0. The minimum Gasteiger partial charge on any atom is -0.378 e. The van der Waals surface area contributed by atoms with Crippen LogP contribution in [0.2, 0.25) is 0 Å². The molecule has 0 unspecified atom stereocenters. The van der Waals surface area contributed by atoms with E-state index in [2.05, 4.69) is 9.80 Å². The van der Waals surface area contributed by atoms with E-state index in [1.807, 2.05) is 14.1 Å². The van der Waals surface area contributed by atoms with E-state index < -0.39 is 0 Å². The maximum atomic E-state index is 12.4. The van der Waals surface area contributed by atoms with Gasteiger partial charge in [-0.3, -0.25) is 29.0 Å². The molecule has 0 saturated heterocycles. The molecule has 2 aromatic rings. The van der Waals surface area contributed by atoms with Gasteiger partial charge in [0, 0.05) is 26.2 Å². The van der Waals surface area contributed by atoms with Crippen LogP contribution in [0.4, 0.5) is 0 Å². The average Bonchev–Trinajstić information content (AvgIpc) is 3.35. The Kier molecular flexibility index (Phi) is 10.5. The molecule has 10 heteroatoms. The number of likely N-dealkylation sites (N-methyl/N-ethyl adjacent to an activating group) is 2. The van der Waals surface area contributed by atoms with Crippen LogP contribution in [0.1, 0.15) is 54.3 Å². The van der Waals surface area contributed by atoms with Gasteiger partial charge in [-0.15, -0.1) is 0 Å². The van der Waals surface area contributed by atoms with E-state index in [1.54, 1.807) is 48.5 Å². The zero-order valence-electron chi connectivity index (χ0n) is 23.3. The molecule has 0 bridgehead atoms. The summed E-state index contributed by atoms with van der Waals surface area (Å²) in [6.45, 7) is 5.98. The fraction of sp³-hybridized carbons (Fsp3) is 0.467. The van der Waals surface area contributed by atoms with Gasteiger partial charge in [-0.25, -0.2) is 0 Å². The van der Waals surface area contributed by atoms with Gasteiger partial charge in [-0.1, -0.05) is 24.3 Å². The Labute approximate surface area is 235 Å². The summed E-state index contributed by atoms with van der Waals surface area (Å²) in [5.74, 6) is -0.836. The number of benzene rings is 2. The Balaban J connectivity index is 0.971. The molecular weight excluding hydrogens is 512 g/mol. The number of carbonyl (C=O) groups is 4. The first kappa shape index (κ1) is 29.5. The molecule has 0 saturated carbocycles. The SMILES string of the molecule is CN(CCCN1C(=O)c2ccccc2C1=O)CCOCCOCCN(C)CCCN1C(=O)c2ccccc2C1=O. The van der Waals surface area contributed by atoms with Crippen molar-refractivity contribution in [3.63, 3.8) is 0 Å². The van der Waals surface area contributed by atoms with Crippen molar-refractivity contribution >= 4 is 23.6 Å². The van der Waals surface area contributed by atoms with Crippen LogP contribution >= 0.6 is 0 Å². The highest BCUT2D eigenvalue weighted by Crippen LogP contribution is 2.23. The van der Waals surface area contributed by atoms with Crippen LogP contribution in [0.25, 0.3) is 0 Å². The number of imide groups is 2. The second-order valence-corrected chi connectivity index (χ2v) is 10.2. The molecule has 0 spiro atoms. The fourth-order valence-corrected chi connectivity index (χ4v) is 4.87. The average molecular weight is 551 g/mol. The third-order valence-corrected chi connectivity index (χ3v) is 7.21. The van der Waals surface area contributed by atoms with Crippen molar-refractivity contribution in [3.8, 4) is 0 Å². The Bertz CT molecular complexity index is 1050. The van der Waals surface area contributed by atoms with Gasteiger partial charge in [0.05, 0.1) is 48.7 Å². The van der Waals surface area contributed by atoms with Crippen LogP contribution in [0.15, 0.2) is 48.5 Å². The van der Waals surface area contributed by atoms with Gasteiger partial charge >= 0.3 is 0 Å². The van der Waals surface area contributed by atoms with E-state index in [9.17, 15) is 19.2 Å². The number of nitrogens with zero attached hydrogens (tertiary/aromatic N) is 4. The van der Waals surface area contributed by atoms with Gasteiger partial charge in [-0.05, 0) is 64.3 Å². The lowest BCUT2D eigenvalue weighted by Gasteiger charge is -2.19. The Morgan fingerprint density at radius 3 is 1.18 bits per heavy atom. The third kappa shape index (κ3) is 7.19. The van der Waals surface area contributed by atoms with Crippen molar-refractivity contribution in [3.05, 3.63) is 70.8 Å². The largest absolute Gasteiger partial charge is 0.378 e. The molecule has 0 fully saturated rings. The molecule has 2 aliphatic rings. The van der Waals surface area contributed by atoms with Crippen molar-refractivity contribution < 1.29 is 28.7 Å². The normalized spacial score (nSPS) is 14.7. The van der Waals surface area contributed by atoms with Crippen LogP contribution < -0.4 is 0 Å². The molecule has 0 N–H and O–H groups in total. The van der Waals surface area contributed by atoms with Crippen molar-refractivity contribution in [2.45, 2.75) is 12.8 Å². The van der Waals surface area contributed by atoms with Gasteiger partial charge in [-0.2, -0.15) is 0 Å². The standard InChI is InChI=1S/C30H38N4O6/c1-31(13-7-15-33-27(35)23-9-3-4-10-24(23)28(33)36)17-19-39-21-22-40-20-18-32(2)14-8-16-34-29(37)25-11-5-6-12-26(25)30(34)38/h3-6,9-12H,7-8,13-22H2,1-2H3. The summed E-state index contributed by atoms with van der Waals surface area (Å²) in [7, 11) is 3.99. The predicted octanol–water partition coefficient (Wildman–Crippen LogP) is 2.26. The van der Waals surface area contributed by atoms with Crippen LogP contribution in [-0.2, 0) is 9.47 Å². The Hall–Kier alpha value is -3.44. The van der Waals surface area contributed by atoms with E-state index in [-0.39, 0.29) is 23.6 Å². The van der Waals surface area contributed by atoms with Gasteiger partial charge in [0.25, 0.3) is 23.6 Å². The molecule has 2 aromatic carbocycles. The monoisotopic (exact) mass is 550 g/mol. The molecule has 0 atom stereocenters. The topological polar surface area (TPSA) is 99.7 Å². The molecule has 4 rings (SSSR count). The van der Waals surface area contributed by atoms with Crippen LogP contribution in [0.5, 0.6) is 0 Å². The van der Waals surface area contributed by atoms with E-state index >= 15 is 0 Å². The van der Waals surface area contributed by atoms with Crippen molar-refractivity contribution in [2.24, 2.45) is 0 Å². The molecule has 40 heavy (non-hydrogen) atoms. The first-order valence-corrected chi connectivity index (χ1v) is 13.8. The molecule has 2 heterocycles. The second-order valence-electron chi connectivity index (χ2n) is 10.2. The summed E-state index contributed by atoms with van der Waals surface area (Å²) in [5.41, 5.74) is 1.95. The number of hydrogen-bond acceptors (Lipinski definition) is 8. The highest BCUT2D eigenvalue weighted by molar-refractivity contribution is 6.22. The van der Waals surface area contributed by atoms with Gasteiger partial charge in [0.15, 0.2) is 0 Å². The highest BCUT2D eigenvalue weighted by atomic mass is 16.5. The quantitative estimate of drug-likeness (QED) is 0.219. The maximum absolute atomic E-state index is 12.4. The van der Waals surface area contributed by atoms with Crippen LogP contribution in [0, 0.1) is 0 Å². The van der Waals surface area contributed by atoms with Gasteiger partial charge < -0.3 is 19.3 Å². The zero-order valence-corrected chi connectivity index (χ0v) is 23.3. The molecule has 0 aromatic heterocycles. The lowest BCUT2D eigenvalue weighted by molar-refractivity contribution is 0.0344. The van der Waals surface area contributed by atoms with Gasteiger partial charge in [0.2, 0.25) is 0 Å². The zero-order chi connectivity index (χ0) is 28.5. The minimum absolute atomic E-state index is 0.209. The Morgan fingerprint density at radius 1 is 0.525 bits per heavy atom. The van der Waals surface area contributed by atoms with E-state index in [4.69, 9.17) is 9.47 Å². The lowest BCUT2D eigenvalue weighted by atomic mass is 10.1. The molecule has 0 radical (unpaired) electrons. The number of rotatable bonds is 17. The number of carbonyl (C=O) groups excluding carboxylic acids is 4. The minimum atomic E-state index is -0.209. The predicted molar refractivity (Wildman–Crippen MR) is 149 cm³/mol. The second kappa shape index (κ2) is 14.3. The first-order valence-electron chi connectivity index (χ1n) is 13.8. The van der Waals surface area contributed by atoms with Crippen molar-refractivity contribution in [1.82, 2.24) is 19.6 Å². The highest BCUT2D eigenvalue weighted by Gasteiger charge is 2.35. The number of amides is 4. The number of hydrogen-bond donors (Lipinski definition) is 0. The smallest absolute Gasteiger partial charge is 0.261 e. The summed E-state index contributed by atoms with van der Waals surface area (Å²) in [6, 6.07) is 13.9. The number of fused-ring (bicyclic) bond motifs is 2.